The number of H-pyrrole nitrogens is 1. The predicted molar refractivity (Wildman–Crippen MR) is 52.6 cm³/mol. The second-order valence-corrected chi connectivity index (χ2v) is 3.53. The standard InChI is InChI=1S/C7H9BrN2OS/c1-4-9-5(3-11-2)6(8)7(12)10-4/h3H2,1-2H3,(H,9,10,12). The van der Waals surface area contributed by atoms with Crippen molar-refractivity contribution in [3.05, 3.63) is 20.6 Å². The van der Waals surface area contributed by atoms with E-state index in [0.29, 0.717) is 11.2 Å². The molecule has 0 aliphatic heterocycles. The van der Waals surface area contributed by atoms with Crippen molar-refractivity contribution < 1.29 is 4.74 Å². The highest BCUT2D eigenvalue weighted by Crippen LogP contribution is 2.15. The van der Waals surface area contributed by atoms with E-state index in [-0.39, 0.29) is 0 Å². The molecule has 0 aromatic carbocycles. The van der Waals surface area contributed by atoms with Crippen molar-refractivity contribution in [1.29, 1.82) is 0 Å². The molecule has 0 atom stereocenters. The van der Waals surface area contributed by atoms with Crippen molar-refractivity contribution in [3.63, 3.8) is 0 Å². The fourth-order valence-corrected chi connectivity index (χ4v) is 1.44. The second-order valence-electron chi connectivity index (χ2n) is 2.35. The summed E-state index contributed by atoms with van der Waals surface area (Å²) in [7, 11) is 1.64. The first kappa shape index (κ1) is 9.83. The van der Waals surface area contributed by atoms with E-state index >= 15 is 0 Å². The maximum absolute atomic E-state index is 5.01. The molecule has 0 radical (unpaired) electrons. The molecule has 0 aliphatic rings. The van der Waals surface area contributed by atoms with Crippen LogP contribution in [-0.4, -0.2) is 17.1 Å². The quantitative estimate of drug-likeness (QED) is 0.817. The molecule has 0 spiro atoms. The molecular weight excluding hydrogens is 240 g/mol. The van der Waals surface area contributed by atoms with Crippen molar-refractivity contribution in [2.45, 2.75) is 13.5 Å². The van der Waals surface area contributed by atoms with Gasteiger partial charge in [0.2, 0.25) is 0 Å². The number of rotatable bonds is 2. The predicted octanol–water partition coefficient (Wildman–Crippen LogP) is 2.36. The molecule has 3 nitrogen and oxygen atoms in total. The van der Waals surface area contributed by atoms with Crippen LogP contribution in [0, 0.1) is 11.6 Å². The summed E-state index contributed by atoms with van der Waals surface area (Å²) in [6, 6.07) is 0. The first-order valence-corrected chi connectivity index (χ1v) is 4.59. The fourth-order valence-electron chi connectivity index (χ4n) is 0.875. The Bertz CT molecular complexity index is 337. The van der Waals surface area contributed by atoms with Crippen molar-refractivity contribution in [3.8, 4) is 0 Å². The number of aromatic amines is 1. The van der Waals surface area contributed by atoms with Gasteiger partial charge in [-0.3, -0.25) is 0 Å². The van der Waals surface area contributed by atoms with Crippen molar-refractivity contribution in [2.24, 2.45) is 0 Å². The van der Waals surface area contributed by atoms with Crippen LogP contribution in [0.4, 0.5) is 0 Å². The van der Waals surface area contributed by atoms with Crippen molar-refractivity contribution >= 4 is 28.1 Å². The van der Waals surface area contributed by atoms with Gasteiger partial charge >= 0.3 is 0 Å². The van der Waals surface area contributed by atoms with E-state index in [9.17, 15) is 0 Å². The number of methoxy groups -OCH3 is 1. The van der Waals surface area contributed by atoms with Gasteiger partial charge in [-0.1, -0.05) is 12.2 Å². The number of aromatic nitrogens is 2. The zero-order valence-electron chi connectivity index (χ0n) is 6.85. The molecule has 1 aromatic heterocycles. The van der Waals surface area contributed by atoms with E-state index in [0.717, 1.165) is 16.0 Å². The molecular formula is C7H9BrN2OS. The Morgan fingerprint density at radius 1 is 1.67 bits per heavy atom. The maximum Gasteiger partial charge on any atom is 0.144 e. The van der Waals surface area contributed by atoms with Gasteiger partial charge in [0.1, 0.15) is 10.5 Å². The van der Waals surface area contributed by atoms with Crippen LogP contribution in [0.1, 0.15) is 11.5 Å². The summed E-state index contributed by atoms with van der Waals surface area (Å²) in [6.45, 7) is 2.37. The molecule has 0 saturated carbocycles. The number of hydrogen-bond acceptors (Lipinski definition) is 3. The summed E-state index contributed by atoms with van der Waals surface area (Å²) < 4.78 is 6.36. The van der Waals surface area contributed by atoms with Crippen LogP contribution in [0.25, 0.3) is 0 Å². The zero-order chi connectivity index (χ0) is 9.14. The van der Waals surface area contributed by atoms with Gasteiger partial charge in [0.15, 0.2) is 0 Å². The highest BCUT2D eigenvalue weighted by Gasteiger charge is 2.02. The van der Waals surface area contributed by atoms with Crippen molar-refractivity contribution in [2.75, 3.05) is 7.11 Å². The van der Waals surface area contributed by atoms with Crippen molar-refractivity contribution in [1.82, 2.24) is 9.97 Å². The molecule has 0 bridgehead atoms. The minimum absolute atomic E-state index is 0.508. The minimum atomic E-state index is 0.508. The Labute approximate surface area is 84.3 Å². The van der Waals surface area contributed by atoms with Crippen LogP contribution in [0.3, 0.4) is 0 Å². The molecule has 66 valence electrons. The summed E-state index contributed by atoms with van der Waals surface area (Å²) >= 11 is 8.35. The zero-order valence-corrected chi connectivity index (χ0v) is 9.25. The molecule has 5 heteroatoms. The number of aryl methyl sites for hydroxylation is 1. The third-order valence-corrected chi connectivity index (χ3v) is 2.75. The van der Waals surface area contributed by atoms with Crippen LogP contribution in [0.15, 0.2) is 4.47 Å². The number of nitrogens with zero attached hydrogens (tertiary/aromatic N) is 1. The van der Waals surface area contributed by atoms with Gasteiger partial charge in [0.25, 0.3) is 0 Å². The second kappa shape index (κ2) is 4.11. The average Bonchev–Trinajstić information content (AvgIpc) is 2.00. The van der Waals surface area contributed by atoms with Gasteiger partial charge in [-0.25, -0.2) is 4.98 Å². The average molecular weight is 249 g/mol. The molecule has 0 saturated heterocycles. The molecule has 1 aromatic rings. The number of hydrogen-bond donors (Lipinski definition) is 1. The van der Waals surface area contributed by atoms with Gasteiger partial charge in [-0.2, -0.15) is 0 Å². The largest absolute Gasteiger partial charge is 0.378 e. The van der Waals surface area contributed by atoms with E-state index in [1.165, 1.54) is 0 Å². The first-order chi connectivity index (χ1) is 5.65. The van der Waals surface area contributed by atoms with E-state index in [2.05, 4.69) is 25.9 Å². The Kier molecular flexibility index (Phi) is 3.37. The van der Waals surface area contributed by atoms with Gasteiger partial charge < -0.3 is 9.72 Å². The van der Waals surface area contributed by atoms with Crippen LogP contribution >= 0.6 is 28.1 Å². The highest BCUT2D eigenvalue weighted by atomic mass is 79.9. The van der Waals surface area contributed by atoms with Gasteiger partial charge in [-0.05, 0) is 22.9 Å². The molecule has 0 aliphatic carbocycles. The highest BCUT2D eigenvalue weighted by molar-refractivity contribution is 9.10. The van der Waals surface area contributed by atoms with Crippen LogP contribution in [-0.2, 0) is 11.3 Å². The molecule has 12 heavy (non-hydrogen) atoms. The number of halogens is 1. The summed E-state index contributed by atoms with van der Waals surface area (Å²) in [5.74, 6) is 0.801. The van der Waals surface area contributed by atoms with Crippen LogP contribution < -0.4 is 0 Å². The summed E-state index contributed by atoms with van der Waals surface area (Å²) in [5.41, 5.74) is 0.926. The van der Waals surface area contributed by atoms with Gasteiger partial charge in [-0.15, -0.1) is 0 Å². The van der Waals surface area contributed by atoms with E-state index in [4.69, 9.17) is 17.0 Å². The lowest BCUT2D eigenvalue weighted by molar-refractivity contribution is 0.180. The van der Waals surface area contributed by atoms with Crippen LogP contribution in [0.5, 0.6) is 0 Å². The maximum atomic E-state index is 5.01. The third-order valence-electron chi connectivity index (χ3n) is 1.34. The fraction of sp³-hybridized carbons (Fsp3) is 0.429. The summed E-state index contributed by atoms with van der Waals surface area (Å²) in [6.07, 6.45) is 0. The molecule has 0 amide bonds. The SMILES string of the molecule is COCc1[nH]c(C)nc(=S)c1Br. The lowest BCUT2D eigenvalue weighted by Gasteiger charge is -2.04. The smallest absolute Gasteiger partial charge is 0.144 e. The number of nitrogens with one attached hydrogen (secondary N) is 1. The molecule has 0 fully saturated rings. The molecule has 1 N–H and O–H groups in total. The van der Waals surface area contributed by atoms with E-state index < -0.39 is 0 Å². The Hall–Kier alpha value is -0.260. The van der Waals surface area contributed by atoms with Gasteiger partial charge in [0.05, 0.1) is 16.8 Å². The lowest BCUT2D eigenvalue weighted by atomic mass is 10.4. The minimum Gasteiger partial charge on any atom is -0.378 e. The monoisotopic (exact) mass is 248 g/mol. The first-order valence-electron chi connectivity index (χ1n) is 3.39. The molecule has 1 rings (SSSR count). The van der Waals surface area contributed by atoms with Crippen LogP contribution in [0.2, 0.25) is 0 Å². The Balaban J connectivity index is 3.18. The Morgan fingerprint density at radius 3 is 2.92 bits per heavy atom. The van der Waals surface area contributed by atoms with E-state index in [1.54, 1.807) is 7.11 Å². The van der Waals surface area contributed by atoms with Gasteiger partial charge in [0, 0.05) is 7.11 Å². The summed E-state index contributed by atoms with van der Waals surface area (Å²) in [5, 5.41) is 0. The number of ether oxygens (including phenoxy) is 1. The third kappa shape index (κ3) is 2.12. The topological polar surface area (TPSA) is 37.9 Å². The summed E-state index contributed by atoms with van der Waals surface area (Å²) in [4.78, 5) is 7.14. The van der Waals surface area contributed by atoms with E-state index in [1.807, 2.05) is 6.92 Å². The normalized spacial score (nSPS) is 10.2. The Morgan fingerprint density at radius 2 is 2.33 bits per heavy atom. The molecule has 0 unspecified atom stereocenters. The lowest BCUT2D eigenvalue weighted by Crippen LogP contribution is -1.99. The molecule has 1 heterocycles.